The Labute approximate surface area is 171 Å². The van der Waals surface area contributed by atoms with E-state index >= 15 is 0 Å². The number of aromatic hydroxyl groups is 1. The lowest BCUT2D eigenvalue weighted by atomic mass is 9.51. The molecule has 1 saturated heterocycles. The average molecular weight is 400 g/mol. The molecule has 2 bridgehead atoms. The van der Waals surface area contributed by atoms with Crippen LogP contribution in [0.1, 0.15) is 51.2 Å². The molecule has 1 aromatic rings. The molecule has 1 N–H and O–H groups in total. The van der Waals surface area contributed by atoms with Crippen LogP contribution in [0.4, 0.5) is 0 Å². The Morgan fingerprint density at radius 3 is 2.86 bits per heavy atom. The van der Waals surface area contributed by atoms with Gasteiger partial charge < -0.3 is 14.6 Å². The van der Waals surface area contributed by atoms with E-state index in [0.717, 1.165) is 31.4 Å². The number of hydrogen-bond acceptors (Lipinski definition) is 5. The summed E-state index contributed by atoms with van der Waals surface area (Å²) in [6, 6.07) is 3.94. The maximum absolute atomic E-state index is 12.8. The number of rotatable bonds is 2. The first-order chi connectivity index (χ1) is 13.6. The molecule has 2 aliphatic heterocycles. The lowest BCUT2D eigenvalue weighted by molar-refractivity contribution is -0.959. The van der Waals surface area contributed by atoms with Crippen molar-refractivity contribution in [1.29, 1.82) is 0 Å². The van der Waals surface area contributed by atoms with Crippen LogP contribution in [0.15, 0.2) is 12.1 Å². The van der Waals surface area contributed by atoms with E-state index in [1.165, 1.54) is 5.56 Å². The smallest absolute Gasteiger partial charge is 0.315 e. The number of ketones is 1. The molecule has 6 nitrogen and oxygen atoms in total. The minimum Gasteiger partial charge on any atom is -0.504 e. The third kappa shape index (κ3) is 2.38. The van der Waals surface area contributed by atoms with Crippen LogP contribution in [-0.4, -0.2) is 53.8 Å². The van der Waals surface area contributed by atoms with E-state index in [0.29, 0.717) is 23.4 Å². The number of esters is 1. The zero-order chi connectivity index (χ0) is 20.8. The fraction of sp³-hybridized carbons (Fsp3) is 0.652. The van der Waals surface area contributed by atoms with Gasteiger partial charge in [0.05, 0.1) is 30.5 Å². The highest BCUT2D eigenvalue weighted by atomic mass is 16.5. The highest BCUT2D eigenvalue weighted by Crippen LogP contribution is 2.63. The topological polar surface area (TPSA) is 72.8 Å². The third-order valence-corrected chi connectivity index (χ3v) is 7.88. The highest BCUT2D eigenvalue weighted by molar-refractivity contribution is 5.89. The minimum absolute atomic E-state index is 0.138. The summed E-state index contributed by atoms with van der Waals surface area (Å²) in [5, 5.41) is 10.4. The van der Waals surface area contributed by atoms with E-state index < -0.39 is 11.5 Å². The molecule has 2 aliphatic carbocycles. The van der Waals surface area contributed by atoms with Crippen LogP contribution in [0, 0.1) is 11.3 Å². The maximum atomic E-state index is 12.8. The fourth-order valence-corrected chi connectivity index (χ4v) is 6.37. The van der Waals surface area contributed by atoms with Crippen LogP contribution in [-0.2, 0) is 26.2 Å². The first-order valence-corrected chi connectivity index (χ1v) is 10.6. The molecule has 1 unspecified atom stereocenters. The van der Waals surface area contributed by atoms with Crippen molar-refractivity contribution in [1.82, 2.24) is 0 Å². The van der Waals surface area contributed by atoms with Crippen LogP contribution in [0.2, 0.25) is 0 Å². The second kappa shape index (κ2) is 5.75. The van der Waals surface area contributed by atoms with Crippen molar-refractivity contribution < 1.29 is 28.7 Å². The number of Topliss-reactive ketones (excluding diaryl/α,β-unsaturated/α-hetero) is 1. The average Bonchev–Trinajstić information content (AvgIpc) is 3.02. The summed E-state index contributed by atoms with van der Waals surface area (Å²) in [4.78, 5) is 25.3. The number of carbonyl (C=O) groups is 2. The lowest BCUT2D eigenvalue weighted by Gasteiger charge is -2.59. The van der Waals surface area contributed by atoms with E-state index in [1.54, 1.807) is 6.07 Å². The summed E-state index contributed by atoms with van der Waals surface area (Å²) in [5.74, 6) is 0.925. The Kier molecular flexibility index (Phi) is 3.75. The predicted octanol–water partition coefficient (Wildman–Crippen LogP) is 2.69. The van der Waals surface area contributed by atoms with Gasteiger partial charge in [-0.25, -0.2) is 0 Å². The summed E-state index contributed by atoms with van der Waals surface area (Å²) in [7, 11) is 2.18. The summed E-state index contributed by atoms with van der Waals surface area (Å²) in [6.07, 6.45) is 2.51. The number of benzene rings is 1. The molecular weight excluding hydrogens is 370 g/mol. The Bertz CT molecular complexity index is 919. The van der Waals surface area contributed by atoms with Gasteiger partial charge in [0.2, 0.25) is 6.73 Å². The molecule has 4 aliphatic rings. The molecule has 2 heterocycles. The molecule has 1 aromatic carbocycles. The Hall–Kier alpha value is -2.08. The highest BCUT2D eigenvalue weighted by Gasteiger charge is 2.69. The molecule has 0 amide bonds. The molecule has 0 radical (unpaired) electrons. The van der Waals surface area contributed by atoms with Gasteiger partial charge in [0.15, 0.2) is 23.4 Å². The number of hydrogen-bond donors (Lipinski definition) is 1. The van der Waals surface area contributed by atoms with Gasteiger partial charge in [0.25, 0.3) is 0 Å². The Balaban J connectivity index is 1.56. The molecule has 156 valence electrons. The molecule has 6 heteroatoms. The second-order valence-electron chi connectivity index (χ2n) is 10.6. The zero-order valence-corrected chi connectivity index (χ0v) is 17.7. The lowest BCUT2D eigenvalue weighted by Crippen LogP contribution is -2.72. The Morgan fingerprint density at radius 2 is 2.14 bits per heavy atom. The van der Waals surface area contributed by atoms with Gasteiger partial charge in [-0.1, -0.05) is 6.07 Å². The number of phenols is 1. The number of likely N-dealkylation sites (N-methyl/N-ethyl adjacent to an activating group) is 1. The monoisotopic (exact) mass is 400 g/mol. The fourth-order valence-electron chi connectivity index (χ4n) is 6.37. The van der Waals surface area contributed by atoms with E-state index in [2.05, 4.69) is 7.05 Å². The largest absolute Gasteiger partial charge is 0.504 e. The quantitative estimate of drug-likeness (QED) is 0.610. The molecule has 5 atom stereocenters. The van der Waals surface area contributed by atoms with Crippen LogP contribution < -0.4 is 4.74 Å². The molecule has 5 rings (SSSR count). The van der Waals surface area contributed by atoms with Crippen molar-refractivity contribution in [3.8, 4) is 11.5 Å². The van der Waals surface area contributed by atoms with Crippen LogP contribution in [0.5, 0.6) is 11.5 Å². The normalized spacial score (nSPS) is 37.0. The van der Waals surface area contributed by atoms with Crippen molar-refractivity contribution in [2.24, 2.45) is 11.3 Å². The second-order valence-corrected chi connectivity index (χ2v) is 10.6. The first kappa shape index (κ1) is 18.9. The van der Waals surface area contributed by atoms with Gasteiger partial charge in [0, 0.05) is 30.7 Å². The number of carbonyl (C=O) groups excluding carboxylic acids is 2. The van der Waals surface area contributed by atoms with E-state index in [9.17, 15) is 14.7 Å². The summed E-state index contributed by atoms with van der Waals surface area (Å²) in [6.45, 7) is 6.79. The number of nitrogens with zero attached hydrogens (tertiary/aromatic N) is 1. The van der Waals surface area contributed by atoms with Crippen LogP contribution in [0.25, 0.3) is 0 Å². The van der Waals surface area contributed by atoms with Gasteiger partial charge in [-0.15, -0.1) is 0 Å². The van der Waals surface area contributed by atoms with Crippen molar-refractivity contribution in [2.75, 3.05) is 20.3 Å². The number of ether oxygens (including phenoxy) is 2. The van der Waals surface area contributed by atoms with Gasteiger partial charge in [-0.3, -0.25) is 14.1 Å². The minimum atomic E-state index is -0.524. The summed E-state index contributed by atoms with van der Waals surface area (Å²) in [5.41, 5.74) is 1.38. The predicted molar refractivity (Wildman–Crippen MR) is 106 cm³/mol. The van der Waals surface area contributed by atoms with Crippen molar-refractivity contribution in [3.05, 3.63) is 23.3 Å². The van der Waals surface area contributed by atoms with E-state index in [1.807, 2.05) is 26.8 Å². The zero-order valence-electron chi connectivity index (χ0n) is 17.7. The van der Waals surface area contributed by atoms with Gasteiger partial charge in [-0.05, 0) is 38.8 Å². The Morgan fingerprint density at radius 1 is 1.38 bits per heavy atom. The van der Waals surface area contributed by atoms with E-state index in [-0.39, 0.29) is 34.9 Å². The standard InChI is InChI=1S/C23H29NO5/c1-22(2,3)21(27)28-12-24(4)10-9-23-14-6-8-17(26)20(23)29-19-16(25)7-5-13(18(19)23)11-15(14)24/h5,7,14-15,20H,6,8-12H2,1-4H3/p+1/t14-,15?,20-,23-,24+/m0/s1. The van der Waals surface area contributed by atoms with Gasteiger partial charge >= 0.3 is 5.97 Å². The number of likely N-dealkylation sites (tertiary alicyclic amines) is 1. The van der Waals surface area contributed by atoms with E-state index in [4.69, 9.17) is 9.47 Å². The molecule has 0 aromatic heterocycles. The molecule has 1 spiro atoms. The van der Waals surface area contributed by atoms with Crippen molar-refractivity contribution in [3.63, 3.8) is 0 Å². The summed E-state index contributed by atoms with van der Waals surface area (Å²) < 4.78 is 12.6. The van der Waals surface area contributed by atoms with Crippen molar-refractivity contribution in [2.45, 2.75) is 64.0 Å². The molecular formula is C23H30NO5+. The van der Waals surface area contributed by atoms with Crippen LogP contribution >= 0.6 is 0 Å². The SMILES string of the molecule is CC(C)(C)C(=O)OC[N@@+]1(C)CC[C@]23c4c5ccc(O)c4O[C@H]2C(=O)CC[C@H]3C1C5. The number of quaternary nitrogens is 1. The number of piperidine rings is 1. The molecule has 2 fully saturated rings. The van der Waals surface area contributed by atoms with Gasteiger partial charge in [0.1, 0.15) is 0 Å². The molecule has 1 saturated carbocycles. The van der Waals surface area contributed by atoms with Crippen LogP contribution in [0.3, 0.4) is 0 Å². The number of phenolic OH excluding ortho intramolecular Hbond substituents is 1. The summed E-state index contributed by atoms with van der Waals surface area (Å²) >= 11 is 0. The third-order valence-electron chi connectivity index (χ3n) is 7.88. The molecule has 29 heavy (non-hydrogen) atoms. The first-order valence-electron chi connectivity index (χ1n) is 10.6. The van der Waals surface area contributed by atoms with Gasteiger partial charge in [-0.2, -0.15) is 0 Å². The van der Waals surface area contributed by atoms with Crippen molar-refractivity contribution >= 4 is 11.8 Å². The maximum Gasteiger partial charge on any atom is 0.315 e.